The number of benzene rings is 1. The number of hydrogen-bond acceptors (Lipinski definition) is 3. The molecule has 0 radical (unpaired) electrons. The predicted molar refractivity (Wildman–Crippen MR) is 105 cm³/mol. The number of nitrogens with zero attached hydrogens (tertiary/aromatic N) is 1. The topological polar surface area (TPSA) is 77.8 Å². The molecule has 0 spiro atoms. The number of carboxylic acid groups (broad SMARTS) is 1. The van der Waals surface area contributed by atoms with Crippen molar-refractivity contribution in [1.82, 2.24) is 4.90 Å². The molecular weight excluding hydrogens is 330 g/mol. The maximum Gasteiger partial charge on any atom is 0.290 e. The quantitative estimate of drug-likeness (QED) is 0.760. The summed E-state index contributed by atoms with van der Waals surface area (Å²) in [5.74, 6) is 0.110. The average molecular weight is 359 g/mol. The summed E-state index contributed by atoms with van der Waals surface area (Å²) in [6, 6.07) is 9.96. The minimum absolute atomic E-state index is 0.0428. The fourth-order valence-corrected chi connectivity index (χ4v) is 2.29. The number of carbonyl (C=O) groups excluding carboxylic acids is 1. The van der Waals surface area contributed by atoms with Crippen molar-refractivity contribution >= 4 is 12.4 Å². The molecule has 1 amide bonds. The number of amides is 1. The molecule has 0 fully saturated rings. The summed E-state index contributed by atoms with van der Waals surface area (Å²) in [7, 11) is 0. The van der Waals surface area contributed by atoms with Crippen LogP contribution in [0.3, 0.4) is 0 Å². The molecule has 5 nitrogen and oxygen atoms in total. The monoisotopic (exact) mass is 359 g/mol. The lowest BCUT2D eigenvalue weighted by Crippen LogP contribution is -2.32. The zero-order valence-electron chi connectivity index (χ0n) is 15.8. The van der Waals surface area contributed by atoms with Gasteiger partial charge in [0.15, 0.2) is 0 Å². The summed E-state index contributed by atoms with van der Waals surface area (Å²) in [6.07, 6.45) is 8.45. The first-order valence-corrected chi connectivity index (χ1v) is 8.80. The molecule has 1 aromatic rings. The summed E-state index contributed by atoms with van der Waals surface area (Å²) in [6.45, 7) is 7.09. The van der Waals surface area contributed by atoms with E-state index in [4.69, 9.17) is 9.90 Å². The molecule has 1 aliphatic rings. The third-order valence-corrected chi connectivity index (χ3v) is 3.31. The van der Waals surface area contributed by atoms with Crippen molar-refractivity contribution in [3.8, 4) is 0 Å². The lowest BCUT2D eigenvalue weighted by molar-refractivity contribution is -0.127. The maximum atomic E-state index is 12.7. The highest BCUT2D eigenvalue weighted by molar-refractivity contribution is 5.96. The Balaban J connectivity index is 0.00000113. The molecule has 1 aliphatic carbocycles. The van der Waals surface area contributed by atoms with Crippen LogP contribution in [0.15, 0.2) is 66.0 Å². The third-order valence-electron chi connectivity index (χ3n) is 3.31. The summed E-state index contributed by atoms with van der Waals surface area (Å²) >= 11 is 0. The molecule has 0 aromatic heterocycles. The molecule has 0 saturated heterocycles. The molecule has 1 aromatic carbocycles. The van der Waals surface area contributed by atoms with Crippen molar-refractivity contribution < 1.29 is 19.8 Å². The first kappa shape index (κ1) is 23.2. The lowest BCUT2D eigenvalue weighted by atomic mass is 10.1. The van der Waals surface area contributed by atoms with Gasteiger partial charge in [0.25, 0.3) is 12.4 Å². The molecule has 0 aliphatic heterocycles. The summed E-state index contributed by atoms with van der Waals surface area (Å²) in [5.41, 5.74) is 1.64. The van der Waals surface area contributed by atoms with E-state index in [2.05, 4.69) is 6.92 Å². The van der Waals surface area contributed by atoms with Gasteiger partial charge in [-0.05, 0) is 30.6 Å². The van der Waals surface area contributed by atoms with Crippen molar-refractivity contribution in [2.45, 2.75) is 40.2 Å². The van der Waals surface area contributed by atoms with Crippen LogP contribution in [-0.4, -0.2) is 34.0 Å². The molecule has 0 unspecified atom stereocenters. The largest absolute Gasteiger partial charge is 0.508 e. The predicted octanol–water partition coefficient (Wildman–Crippen LogP) is 4.48. The molecule has 2 N–H and O–H groups in total. The van der Waals surface area contributed by atoms with Crippen LogP contribution in [0.25, 0.3) is 0 Å². The van der Waals surface area contributed by atoms with Crippen molar-refractivity contribution in [1.29, 1.82) is 0 Å². The number of rotatable bonds is 5. The second kappa shape index (κ2) is 14.5. The highest BCUT2D eigenvalue weighted by Crippen LogP contribution is 2.15. The third kappa shape index (κ3) is 8.87. The molecule has 0 saturated carbocycles. The molecule has 26 heavy (non-hydrogen) atoms. The molecule has 0 bridgehead atoms. The summed E-state index contributed by atoms with van der Waals surface area (Å²) < 4.78 is 0. The van der Waals surface area contributed by atoms with Gasteiger partial charge in [0.05, 0.1) is 0 Å². The van der Waals surface area contributed by atoms with Gasteiger partial charge in [-0.2, -0.15) is 0 Å². The number of allylic oxidation sites excluding steroid dienone is 3. The Kier molecular flexibility index (Phi) is 12.9. The van der Waals surface area contributed by atoms with E-state index in [1.807, 2.05) is 55.2 Å². The Morgan fingerprint density at radius 1 is 1.23 bits per heavy atom. The second-order valence-corrected chi connectivity index (χ2v) is 5.18. The SMILES string of the molecule is CC.CCCN(Cc1ccccc1)C(=O)C1=CC(O)=CCC=C1.O=CO. The van der Waals surface area contributed by atoms with Crippen LogP contribution < -0.4 is 0 Å². The van der Waals surface area contributed by atoms with Crippen molar-refractivity contribution in [2.24, 2.45) is 0 Å². The van der Waals surface area contributed by atoms with Crippen LogP contribution in [0.4, 0.5) is 0 Å². The Morgan fingerprint density at radius 2 is 1.85 bits per heavy atom. The van der Waals surface area contributed by atoms with Crippen LogP contribution in [0.2, 0.25) is 0 Å². The van der Waals surface area contributed by atoms with Crippen LogP contribution in [-0.2, 0) is 16.1 Å². The van der Waals surface area contributed by atoms with Gasteiger partial charge >= 0.3 is 0 Å². The standard InChI is InChI=1S/C18H21NO2.C2H6.CH2O2/c1-2-12-19(14-15-8-4-3-5-9-15)18(21)16-10-6-7-11-17(20)13-16;1-2;2-1-3/h3-6,8-11,13,20H,2,7,12,14H2,1H3;1-2H3;1H,(H,2,3). The molecule has 0 heterocycles. The van der Waals surface area contributed by atoms with Gasteiger partial charge < -0.3 is 15.1 Å². The van der Waals surface area contributed by atoms with E-state index in [1.165, 1.54) is 0 Å². The smallest absolute Gasteiger partial charge is 0.290 e. The maximum absolute atomic E-state index is 12.7. The van der Waals surface area contributed by atoms with Gasteiger partial charge in [-0.25, -0.2) is 0 Å². The van der Waals surface area contributed by atoms with Crippen LogP contribution >= 0.6 is 0 Å². The van der Waals surface area contributed by atoms with Crippen molar-refractivity contribution in [3.05, 3.63) is 71.5 Å². The van der Waals surface area contributed by atoms with Crippen LogP contribution in [0, 0.1) is 0 Å². The molecule has 0 atom stereocenters. The van der Waals surface area contributed by atoms with E-state index in [0.29, 0.717) is 25.1 Å². The normalized spacial score (nSPS) is 12.1. The minimum atomic E-state index is -0.250. The number of aliphatic hydroxyl groups is 1. The zero-order valence-corrected chi connectivity index (χ0v) is 15.8. The van der Waals surface area contributed by atoms with Crippen LogP contribution in [0.1, 0.15) is 39.2 Å². The number of hydrogen-bond donors (Lipinski definition) is 2. The van der Waals surface area contributed by atoms with Gasteiger partial charge in [-0.1, -0.05) is 63.3 Å². The molecule has 142 valence electrons. The van der Waals surface area contributed by atoms with Gasteiger partial charge in [-0.15, -0.1) is 0 Å². The van der Waals surface area contributed by atoms with Gasteiger partial charge in [-0.3, -0.25) is 9.59 Å². The van der Waals surface area contributed by atoms with Crippen molar-refractivity contribution in [3.63, 3.8) is 0 Å². The van der Waals surface area contributed by atoms with E-state index in [-0.39, 0.29) is 18.1 Å². The fourth-order valence-electron chi connectivity index (χ4n) is 2.29. The van der Waals surface area contributed by atoms with Crippen LogP contribution in [0.5, 0.6) is 0 Å². The molecule has 5 heteroatoms. The average Bonchev–Trinajstić information content (AvgIpc) is 2.88. The zero-order chi connectivity index (χ0) is 19.8. The van der Waals surface area contributed by atoms with E-state index in [1.54, 1.807) is 18.2 Å². The molecular formula is C21H29NO4. The van der Waals surface area contributed by atoms with E-state index in [0.717, 1.165) is 12.0 Å². The second-order valence-electron chi connectivity index (χ2n) is 5.18. The fraction of sp³-hybridized carbons (Fsp3) is 0.333. The number of aliphatic hydroxyl groups excluding tert-OH is 1. The Morgan fingerprint density at radius 3 is 2.42 bits per heavy atom. The summed E-state index contributed by atoms with van der Waals surface area (Å²) in [5, 5.41) is 16.6. The first-order valence-electron chi connectivity index (χ1n) is 8.80. The Hall–Kier alpha value is -2.82. The minimum Gasteiger partial charge on any atom is -0.508 e. The first-order chi connectivity index (χ1) is 12.6. The summed E-state index contributed by atoms with van der Waals surface area (Å²) in [4.78, 5) is 22.8. The van der Waals surface area contributed by atoms with Gasteiger partial charge in [0.2, 0.25) is 0 Å². The Bertz CT molecular complexity index is 618. The van der Waals surface area contributed by atoms with E-state index >= 15 is 0 Å². The number of carbonyl (C=O) groups is 2. The molecule has 2 rings (SSSR count). The van der Waals surface area contributed by atoms with Crippen molar-refractivity contribution in [2.75, 3.05) is 6.54 Å². The van der Waals surface area contributed by atoms with E-state index < -0.39 is 0 Å². The van der Waals surface area contributed by atoms with Gasteiger partial charge in [0.1, 0.15) is 5.76 Å². The van der Waals surface area contributed by atoms with Gasteiger partial charge in [0, 0.05) is 18.7 Å². The lowest BCUT2D eigenvalue weighted by Gasteiger charge is -2.22. The van der Waals surface area contributed by atoms with E-state index in [9.17, 15) is 9.90 Å². The highest BCUT2D eigenvalue weighted by atomic mass is 16.3. The highest BCUT2D eigenvalue weighted by Gasteiger charge is 2.17. The Labute approximate surface area is 156 Å².